The maximum absolute atomic E-state index is 12.1. The van der Waals surface area contributed by atoms with Gasteiger partial charge in [0.25, 0.3) is 0 Å². The highest BCUT2D eigenvalue weighted by Gasteiger charge is 2.24. The number of ether oxygens (including phenoxy) is 1. The fraction of sp³-hybridized carbons (Fsp3) is 0.471. The summed E-state index contributed by atoms with van der Waals surface area (Å²) in [7, 11) is 0. The molecule has 0 heterocycles. The fourth-order valence-electron chi connectivity index (χ4n) is 1.98. The minimum atomic E-state index is -1.39. The van der Waals surface area contributed by atoms with Crippen molar-refractivity contribution in [3.05, 3.63) is 35.9 Å². The molecule has 0 saturated heterocycles. The van der Waals surface area contributed by atoms with Gasteiger partial charge >= 0.3 is 6.09 Å². The van der Waals surface area contributed by atoms with E-state index >= 15 is 0 Å². The molecule has 0 saturated carbocycles. The maximum atomic E-state index is 12.1. The lowest BCUT2D eigenvalue weighted by atomic mass is 10.0. The van der Waals surface area contributed by atoms with E-state index < -0.39 is 30.1 Å². The van der Waals surface area contributed by atoms with Crippen molar-refractivity contribution in [2.45, 2.75) is 45.9 Å². The summed E-state index contributed by atoms with van der Waals surface area (Å²) in [6.07, 6.45) is -0.382. The number of nitrogens with one attached hydrogen (secondary N) is 2. The molecule has 0 fully saturated rings. The molecule has 2 N–H and O–H groups in total. The molecule has 2 amide bonds. The maximum Gasteiger partial charge on any atom is 0.408 e. The lowest BCUT2D eigenvalue weighted by molar-refractivity contribution is -0.307. The number of benzene rings is 1. The largest absolute Gasteiger partial charge is 0.548 e. The van der Waals surface area contributed by atoms with Gasteiger partial charge in [-0.05, 0) is 24.8 Å². The molecular formula is C17H23N2O5-. The Labute approximate surface area is 141 Å². The third-order valence-electron chi connectivity index (χ3n) is 3.24. The number of carbonyl (C=O) groups excluding carboxylic acids is 3. The van der Waals surface area contributed by atoms with E-state index in [4.69, 9.17) is 4.74 Å². The normalized spacial score (nSPS) is 13.0. The summed E-state index contributed by atoms with van der Waals surface area (Å²) < 4.78 is 5.08. The molecule has 0 unspecified atom stereocenters. The molecule has 0 aliphatic rings. The van der Waals surface area contributed by atoms with Gasteiger partial charge in [0.05, 0.1) is 12.0 Å². The number of carbonyl (C=O) groups is 3. The number of carboxylic acid groups (broad SMARTS) is 1. The highest BCUT2D eigenvalue weighted by molar-refractivity contribution is 5.88. The molecule has 1 aromatic carbocycles. The van der Waals surface area contributed by atoms with Gasteiger partial charge < -0.3 is 25.3 Å². The summed E-state index contributed by atoms with van der Waals surface area (Å²) in [5.74, 6) is -1.86. The zero-order chi connectivity index (χ0) is 18.1. The fourth-order valence-corrected chi connectivity index (χ4v) is 1.98. The number of alkyl carbamates (subject to hydrolysis) is 1. The highest BCUT2D eigenvalue weighted by Crippen LogP contribution is 2.07. The molecule has 132 valence electrons. The molecule has 0 spiro atoms. The van der Waals surface area contributed by atoms with Crippen LogP contribution in [-0.4, -0.2) is 30.1 Å². The Kier molecular flexibility index (Phi) is 7.74. The minimum Gasteiger partial charge on any atom is -0.548 e. The van der Waals surface area contributed by atoms with Crippen molar-refractivity contribution in [1.29, 1.82) is 0 Å². The van der Waals surface area contributed by atoms with Crippen LogP contribution in [0, 0.1) is 5.92 Å². The van der Waals surface area contributed by atoms with E-state index in [1.54, 1.807) is 0 Å². The smallest absolute Gasteiger partial charge is 0.408 e. The van der Waals surface area contributed by atoms with E-state index in [0.717, 1.165) is 5.56 Å². The van der Waals surface area contributed by atoms with Gasteiger partial charge in [-0.15, -0.1) is 0 Å². The SMILES string of the molecule is CC(C)C[C@H](NC(=O)OCc1ccccc1)C(=O)N[C@@H](C)C(=O)[O-]. The van der Waals surface area contributed by atoms with Crippen molar-refractivity contribution in [2.75, 3.05) is 0 Å². The highest BCUT2D eigenvalue weighted by atomic mass is 16.5. The number of amides is 2. The molecule has 2 atom stereocenters. The van der Waals surface area contributed by atoms with Gasteiger partial charge in [-0.1, -0.05) is 44.2 Å². The zero-order valence-corrected chi connectivity index (χ0v) is 14.1. The lowest BCUT2D eigenvalue weighted by Crippen LogP contribution is -2.53. The Morgan fingerprint density at radius 3 is 2.25 bits per heavy atom. The molecule has 1 aromatic rings. The Balaban J connectivity index is 2.59. The summed E-state index contributed by atoms with van der Waals surface area (Å²) in [5.41, 5.74) is 0.822. The van der Waals surface area contributed by atoms with Crippen LogP contribution >= 0.6 is 0 Å². The molecule has 0 aliphatic carbocycles. The second kappa shape index (κ2) is 9.54. The summed E-state index contributed by atoms with van der Waals surface area (Å²) in [5, 5.41) is 15.5. The second-order valence-corrected chi connectivity index (χ2v) is 5.94. The number of aliphatic carboxylic acids is 1. The first kappa shape index (κ1) is 19.5. The third kappa shape index (κ3) is 7.13. The van der Waals surface area contributed by atoms with Gasteiger partial charge in [0.2, 0.25) is 5.91 Å². The van der Waals surface area contributed by atoms with E-state index in [1.807, 2.05) is 44.2 Å². The van der Waals surface area contributed by atoms with Crippen molar-refractivity contribution in [3.63, 3.8) is 0 Å². The van der Waals surface area contributed by atoms with Crippen molar-refractivity contribution in [2.24, 2.45) is 5.92 Å². The van der Waals surface area contributed by atoms with Crippen LogP contribution in [0.15, 0.2) is 30.3 Å². The van der Waals surface area contributed by atoms with Crippen molar-refractivity contribution in [1.82, 2.24) is 10.6 Å². The van der Waals surface area contributed by atoms with E-state index in [1.165, 1.54) is 6.92 Å². The van der Waals surface area contributed by atoms with E-state index in [9.17, 15) is 19.5 Å². The van der Waals surface area contributed by atoms with Crippen LogP contribution in [0.5, 0.6) is 0 Å². The topological polar surface area (TPSA) is 108 Å². The standard InChI is InChI=1S/C17H24N2O5/c1-11(2)9-14(15(20)18-12(3)16(21)22)19-17(23)24-10-13-7-5-4-6-8-13/h4-8,11-12,14H,9-10H2,1-3H3,(H,18,20)(H,19,23)(H,21,22)/p-1/t12-,14-/m0/s1. The van der Waals surface area contributed by atoms with E-state index in [2.05, 4.69) is 10.6 Å². The van der Waals surface area contributed by atoms with Gasteiger partial charge in [0.1, 0.15) is 12.6 Å². The van der Waals surface area contributed by atoms with Crippen LogP contribution in [0.3, 0.4) is 0 Å². The summed E-state index contributed by atoms with van der Waals surface area (Å²) in [6, 6.07) is 7.11. The first-order valence-electron chi connectivity index (χ1n) is 7.78. The van der Waals surface area contributed by atoms with E-state index in [-0.39, 0.29) is 12.5 Å². The van der Waals surface area contributed by atoms with Crippen LogP contribution in [0.4, 0.5) is 4.79 Å². The molecule has 1 rings (SSSR count). The number of rotatable bonds is 8. The van der Waals surface area contributed by atoms with Crippen molar-refractivity contribution >= 4 is 18.0 Å². The molecule has 0 aromatic heterocycles. The van der Waals surface area contributed by atoms with Crippen LogP contribution in [0.25, 0.3) is 0 Å². The van der Waals surface area contributed by atoms with Crippen LogP contribution in [-0.2, 0) is 20.9 Å². The van der Waals surface area contributed by atoms with Gasteiger partial charge in [-0.25, -0.2) is 4.79 Å². The Bertz CT molecular complexity index is 559. The van der Waals surface area contributed by atoms with E-state index in [0.29, 0.717) is 6.42 Å². The zero-order valence-electron chi connectivity index (χ0n) is 14.1. The quantitative estimate of drug-likeness (QED) is 0.722. The molecule has 0 aliphatic heterocycles. The van der Waals surface area contributed by atoms with Crippen LogP contribution in [0.1, 0.15) is 32.8 Å². The molecule has 7 heteroatoms. The summed E-state index contributed by atoms with van der Waals surface area (Å²) in [4.78, 5) is 34.7. The predicted molar refractivity (Wildman–Crippen MR) is 85.6 cm³/mol. The Hall–Kier alpha value is -2.57. The average molecular weight is 335 g/mol. The minimum absolute atomic E-state index is 0.0815. The van der Waals surface area contributed by atoms with Crippen molar-refractivity contribution < 1.29 is 24.2 Å². The predicted octanol–water partition coefficient (Wildman–Crippen LogP) is 0.582. The number of carboxylic acids is 1. The first-order chi connectivity index (χ1) is 11.3. The van der Waals surface area contributed by atoms with Crippen molar-refractivity contribution in [3.8, 4) is 0 Å². The Morgan fingerprint density at radius 2 is 1.71 bits per heavy atom. The average Bonchev–Trinajstić information content (AvgIpc) is 2.52. The molecular weight excluding hydrogens is 312 g/mol. The van der Waals surface area contributed by atoms with Gasteiger partial charge in [0, 0.05) is 0 Å². The van der Waals surface area contributed by atoms with Gasteiger partial charge in [-0.3, -0.25) is 4.79 Å². The first-order valence-corrected chi connectivity index (χ1v) is 7.78. The second-order valence-electron chi connectivity index (χ2n) is 5.94. The van der Waals surface area contributed by atoms with Gasteiger partial charge in [-0.2, -0.15) is 0 Å². The van der Waals surface area contributed by atoms with Crippen LogP contribution < -0.4 is 15.7 Å². The molecule has 0 bridgehead atoms. The number of hydrogen-bond acceptors (Lipinski definition) is 5. The third-order valence-corrected chi connectivity index (χ3v) is 3.24. The molecule has 7 nitrogen and oxygen atoms in total. The van der Waals surface area contributed by atoms with Gasteiger partial charge in [0.15, 0.2) is 0 Å². The molecule has 0 radical (unpaired) electrons. The monoisotopic (exact) mass is 335 g/mol. The summed E-state index contributed by atoms with van der Waals surface area (Å²) >= 11 is 0. The Morgan fingerprint density at radius 1 is 1.08 bits per heavy atom. The lowest BCUT2D eigenvalue weighted by Gasteiger charge is -2.22. The van der Waals surface area contributed by atoms with Crippen LogP contribution in [0.2, 0.25) is 0 Å². The molecule has 24 heavy (non-hydrogen) atoms. The number of hydrogen-bond donors (Lipinski definition) is 2. The summed E-state index contributed by atoms with van der Waals surface area (Å²) in [6.45, 7) is 5.16.